The van der Waals surface area contributed by atoms with E-state index in [1.165, 1.54) is 166 Å². The molecule has 0 amide bonds. The van der Waals surface area contributed by atoms with Crippen molar-refractivity contribution in [1.29, 1.82) is 0 Å². The number of rotatable bonds is 32. The van der Waals surface area contributed by atoms with E-state index in [0.29, 0.717) is 0 Å². The van der Waals surface area contributed by atoms with Crippen molar-refractivity contribution in [3.05, 3.63) is 49.4 Å². The van der Waals surface area contributed by atoms with Crippen molar-refractivity contribution in [2.24, 2.45) is 11.8 Å². The molecular weight excluding hydrogens is 508 g/mol. The van der Waals surface area contributed by atoms with E-state index in [1.54, 1.807) is 0 Å². The van der Waals surface area contributed by atoms with Crippen LogP contribution >= 0.6 is 0 Å². The molecule has 0 aliphatic heterocycles. The molecule has 0 radical (unpaired) electrons. The standard InChI is InChI=1S/C40H76N2/c1-9-13-14-15-18-24-30-40(11-3)35-38(7)28-22-20-23-29-39(8)36-42(34-26-33-41(12-4)31-10-2)32-25-19-16-17-21-27-37(5)6/h10,12,31,39-40H,4-5,7,9,11,13-30,32-36H2,1-3,6,8H3/b31-10-. The second kappa shape index (κ2) is 29.8. The molecular formula is C40H76N2. The van der Waals surface area contributed by atoms with E-state index in [9.17, 15) is 0 Å². The zero-order valence-electron chi connectivity index (χ0n) is 29.6. The first-order valence-corrected chi connectivity index (χ1v) is 18.4. The molecule has 2 nitrogen and oxygen atoms in total. The Balaban J connectivity index is 4.31. The summed E-state index contributed by atoms with van der Waals surface area (Å²) in [7, 11) is 0. The smallest absolute Gasteiger partial charge is 0.0231 e. The van der Waals surface area contributed by atoms with Crippen molar-refractivity contribution in [3.63, 3.8) is 0 Å². The van der Waals surface area contributed by atoms with E-state index < -0.39 is 0 Å². The quantitative estimate of drug-likeness (QED) is 0.0573. The highest BCUT2D eigenvalue weighted by molar-refractivity contribution is 4.95. The van der Waals surface area contributed by atoms with Gasteiger partial charge in [-0.1, -0.05) is 135 Å². The minimum Gasteiger partial charge on any atom is -0.355 e. The van der Waals surface area contributed by atoms with Gasteiger partial charge in [-0.25, -0.2) is 0 Å². The normalized spacial score (nSPS) is 13.1. The molecule has 0 aromatic heterocycles. The fourth-order valence-corrected chi connectivity index (χ4v) is 6.23. The van der Waals surface area contributed by atoms with Crippen LogP contribution in [-0.2, 0) is 0 Å². The lowest BCUT2D eigenvalue weighted by Gasteiger charge is -2.27. The van der Waals surface area contributed by atoms with Gasteiger partial charge in [0.1, 0.15) is 0 Å². The summed E-state index contributed by atoms with van der Waals surface area (Å²) < 4.78 is 0. The molecule has 0 saturated carbocycles. The molecule has 2 atom stereocenters. The van der Waals surface area contributed by atoms with Crippen molar-refractivity contribution in [1.82, 2.24) is 9.80 Å². The predicted octanol–water partition coefficient (Wildman–Crippen LogP) is 12.9. The number of unbranched alkanes of at least 4 members (excludes halogenated alkanes) is 11. The minimum absolute atomic E-state index is 0.775. The maximum atomic E-state index is 4.48. The molecule has 0 aromatic carbocycles. The first kappa shape index (κ1) is 40.7. The van der Waals surface area contributed by atoms with Crippen molar-refractivity contribution < 1.29 is 0 Å². The Bertz CT molecular complexity index is 663. The topological polar surface area (TPSA) is 6.48 Å². The van der Waals surface area contributed by atoms with Crippen LogP contribution in [0.15, 0.2) is 49.4 Å². The van der Waals surface area contributed by atoms with Crippen LogP contribution in [-0.4, -0.2) is 36.0 Å². The van der Waals surface area contributed by atoms with Crippen LogP contribution in [0.4, 0.5) is 0 Å². The molecule has 246 valence electrons. The second-order valence-electron chi connectivity index (χ2n) is 13.5. The van der Waals surface area contributed by atoms with Crippen LogP contribution in [0.5, 0.6) is 0 Å². The van der Waals surface area contributed by atoms with Gasteiger partial charge < -0.3 is 9.80 Å². The molecule has 2 unspecified atom stereocenters. The van der Waals surface area contributed by atoms with Gasteiger partial charge in [0.25, 0.3) is 0 Å². The second-order valence-corrected chi connectivity index (χ2v) is 13.5. The first-order valence-electron chi connectivity index (χ1n) is 18.4. The average molecular weight is 585 g/mol. The lowest BCUT2D eigenvalue weighted by Crippen LogP contribution is -2.32. The zero-order valence-corrected chi connectivity index (χ0v) is 29.6. The van der Waals surface area contributed by atoms with Gasteiger partial charge >= 0.3 is 0 Å². The van der Waals surface area contributed by atoms with E-state index in [-0.39, 0.29) is 0 Å². The Labute approximate surface area is 266 Å². The fraction of sp³-hybridized carbons (Fsp3) is 0.800. The van der Waals surface area contributed by atoms with Gasteiger partial charge in [-0.15, -0.1) is 6.58 Å². The number of hydrogen-bond acceptors (Lipinski definition) is 2. The molecule has 0 spiro atoms. The molecule has 0 aliphatic rings. The summed E-state index contributed by atoms with van der Waals surface area (Å²) in [5.74, 6) is 1.64. The summed E-state index contributed by atoms with van der Waals surface area (Å²) in [6.07, 6.45) is 34.4. The van der Waals surface area contributed by atoms with Crippen LogP contribution in [0.2, 0.25) is 0 Å². The molecule has 42 heavy (non-hydrogen) atoms. The lowest BCUT2D eigenvalue weighted by molar-refractivity contribution is 0.217. The van der Waals surface area contributed by atoms with Gasteiger partial charge in [0.15, 0.2) is 0 Å². The van der Waals surface area contributed by atoms with Gasteiger partial charge in [-0.2, -0.15) is 0 Å². The molecule has 0 rings (SSSR count). The van der Waals surface area contributed by atoms with E-state index in [1.807, 2.05) is 6.20 Å². The van der Waals surface area contributed by atoms with E-state index in [4.69, 9.17) is 0 Å². The third kappa shape index (κ3) is 26.4. The summed E-state index contributed by atoms with van der Waals surface area (Å²) in [5.41, 5.74) is 2.84. The van der Waals surface area contributed by atoms with E-state index >= 15 is 0 Å². The summed E-state index contributed by atoms with van der Waals surface area (Å²) in [5, 5.41) is 0. The van der Waals surface area contributed by atoms with Crippen LogP contribution in [0.1, 0.15) is 169 Å². The van der Waals surface area contributed by atoms with Crippen LogP contribution in [0, 0.1) is 11.8 Å². The highest BCUT2D eigenvalue weighted by Gasteiger charge is 2.12. The Morgan fingerprint density at radius 3 is 1.98 bits per heavy atom. The summed E-state index contributed by atoms with van der Waals surface area (Å²) >= 11 is 0. The summed E-state index contributed by atoms with van der Waals surface area (Å²) in [4.78, 5) is 4.97. The fourth-order valence-electron chi connectivity index (χ4n) is 6.23. The monoisotopic (exact) mass is 585 g/mol. The molecule has 0 aliphatic carbocycles. The molecule has 0 bridgehead atoms. The third-order valence-electron chi connectivity index (χ3n) is 8.96. The maximum Gasteiger partial charge on any atom is 0.0231 e. The zero-order chi connectivity index (χ0) is 31.3. The van der Waals surface area contributed by atoms with Crippen molar-refractivity contribution in [2.45, 2.75) is 169 Å². The Kier molecular flexibility index (Phi) is 28.9. The van der Waals surface area contributed by atoms with Crippen molar-refractivity contribution >= 4 is 0 Å². The van der Waals surface area contributed by atoms with Crippen LogP contribution in [0.25, 0.3) is 0 Å². The predicted molar refractivity (Wildman–Crippen MR) is 193 cm³/mol. The molecule has 0 N–H and O–H groups in total. The first-order chi connectivity index (χ1) is 20.4. The van der Waals surface area contributed by atoms with Gasteiger partial charge in [0.2, 0.25) is 0 Å². The van der Waals surface area contributed by atoms with Crippen molar-refractivity contribution in [2.75, 3.05) is 26.2 Å². The van der Waals surface area contributed by atoms with Crippen LogP contribution in [0.3, 0.4) is 0 Å². The van der Waals surface area contributed by atoms with Crippen LogP contribution < -0.4 is 0 Å². The Morgan fingerprint density at radius 1 is 0.714 bits per heavy atom. The average Bonchev–Trinajstić information content (AvgIpc) is 2.96. The molecule has 0 heterocycles. The van der Waals surface area contributed by atoms with Gasteiger partial charge in [0.05, 0.1) is 0 Å². The van der Waals surface area contributed by atoms with E-state index in [2.05, 4.69) is 76.4 Å². The molecule has 0 fully saturated rings. The minimum atomic E-state index is 0.775. The van der Waals surface area contributed by atoms with Gasteiger partial charge in [0, 0.05) is 13.1 Å². The molecule has 2 heteroatoms. The highest BCUT2D eigenvalue weighted by Crippen LogP contribution is 2.25. The highest BCUT2D eigenvalue weighted by atomic mass is 15.1. The number of hydrogen-bond donors (Lipinski definition) is 0. The lowest BCUT2D eigenvalue weighted by atomic mass is 9.90. The Hall–Kier alpha value is -1.28. The van der Waals surface area contributed by atoms with Gasteiger partial charge in [-0.3, -0.25) is 0 Å². The summed E-state index contributed by atoms with van der Waals surface area (Å²) in [6.45, 7) is 28.6. The van der Waals surface area contributed by atoms with Crippen molar-refractivity contribution in [3.8, 4) is 0 Å². The largest absolute Gasteiger partial charge is 0.355 e. The SMILES string of the molecule is C=CN(/C=C\C)CCCN(CCCCCCCC(=C)C)CC(C)CCCCCC(=C)CC(CC)CCCCCCCC. The summed E-state index contributed by atoms with van der Waals surface area (Å²) in [6, 6.07) is 0. The third-order valence-corrected chi connectivity index (χ3v) is 8.96. The maximum absolute atomic E-state index is 4.48. The van der Waals surface area contributed by atoms with E-state index in [0.717, 1.165) is 18.4 Å². The molecule has 0 aromatic rings. The Morgan fingerprint density at radius 2 is 1.31 bits per heavy atom. The number of allylic oxidation sites excluding steroid dienone is 3. The van der Waals surface area contributed by atoms with Gasteiger partial charge in [-0.05, 0) is 103 Å². The molecule has 0 saturated heterocycles. The number of nitrogens with zero attached hydrogens (tertiary/aromatic N) is 2.